The maximum atomic E-state index is 13.6. The van der Waals surface area contributed by atoms with E-state index in [2.05, 4.69) is 5.32 Å². The maximum Gasteiger partial charge on any atom is 0.248 e. The lowest BCUT2D eigenvalue weighted by Gasteiger charge is -2.17. The third kappa shape index (κ3) is 3.12. The first kappa shape index (κ1) is 14.0. The van der Waals surface area contributed by atoms with Crippen LogP contribution in [0.3, 0.4) is 0 Å². The summed E-state index contributed by atoms with van der Waals surface area (Å²) in [5.74, 6) is -1.53. The van der Waals surface area contributed by atoms with Gasteiger partial charge in [0.15, 0.2) is 0 Å². The molecule has 0 aliphatic rings. The van der Waals surface area contributed by atoms with Gasteiger partial charge < -0.3 is 11.1 Å². The minimum absolute atomic E-state index is 0.217. The van der Waals surface area contributed by atoms with Gasteiger partial charge in [-0.15, -0.1) is 0 Å². The van der Waals surface area contributed by atoms with Crippen molar-refractivity contribution in [2.75, 3.05) is 5.32 Å². The van der Waals surface area contributed by atoms with E-state index in [1.807, 2.05) is 0 Å². The summed E-state index contributed by atoms with van der Waals surface area (Å²) in [5, 5.41) is 3.01. The van der Waals surface area contributed by atoms with Crippen molar-refractivity contribution in [3.05, 3.63) is 65.2 Å². The van der Waals surface area contributed by atoms with Crippen LogP contribution in [0.1, 0.15) is 28.9 Å². The smallest absolute Gasteiger partial charge is 0.248 e. The van der Waals surface area contributed by atoms with Gasteiger partial charge in [-0.2, -0.15) is 0 Å². The predicted molar refractivity (Wildman–Crippen MR) is 73.4 cm³/mol. The molecule has 1 atom stereocenters. The lowest BCUT2D eigenvalue weighted by Crippen LogP contribution is -2.13. The SMILES string of the molecule is CC(Nc1cccc(C(N)=O)c1)c1cc(F)ccc1F. The fraction of sp³-hybridized carbons (Fsp3) is 0.133. The Kier molecular flexibility index (Phi) is 3.98. The van der Waals surface area contributed by atoms with Crippen molar-refractivity contribution < 1.29 is 13.6 Å². The average Bonchev–Trinajstić information content (AvgIpc) is 2.41. The number of halogens is 2. The molecule has 2 aromatic carbocycles. The van der Waals surface area contributed by atoms with E-state index in [0.717, 1.165) is 18.2 Å². The Bertz CT molecular complexity index is 644. The lowest BCUT2D eigenvalue weighted by molar-refractivity contribution is 0.100. The van der Waals surface area contributed by atoms with E-state index in [1.165, 1.54) is 0 Å². The number of nitrogens with one attached hydrogen (secondary N) is 1. The summed E-state index contributed by atoms with van der Waals surface area (Å²) in [7, 11) is 0. The zero-order valence-electron chi connectivity index (χ0n) is 10.9. The van der Waals surface area contributed by atoms with Crippen LogP contribution in [0.15, 0.2) is 42.5 Å². The molecule has 1 unspecified atom stereocenters. The number of rotatable bonds is 4. The van der Waals surface area contributed by atoms with Crippen molar-refractivity contribution in [3.63, 3.8) is 0 Å². The Morgan fingerprint density at radius 2 is 1.95 bits per heavy atom. The third-order valence-electron chi connectivity index (χ3n) is 2.95. The number of anilines is 1. The number of hydrogen-bond acceptors (Lipinski definition) is 2. The number of amides is 1. The molecular weight excluding hydrogens is 262 g/mol. The molecule has 20 heavy (non-hydrogen) atoms. The van der Waals surface area contributed by atoms with Crippen LogP contribution in [0.25, 0.3) is 0 Å². The van der Waals surface area contributed by atoms with Crippen molar-refractivity contribution in [2.24, 2.45) is 5.73 Å². The van der Waals surface area contributed by atoms with Crippen LogP contribution >= 0.6 is 0 Å². The molecule has 104 valence electrons. The van der Waals surface area contributed by atoms with Crippen LogP contribution in [0.5, 0.6) is 0 Å². The standard InChI is InChI=1S/C15H14F2N2O/c1-9(13-8-11(16)5-6-14(13)17)19-12-4-2-3-10(7-12)15(18)20/h2-9,19H,1H3,(H2,18,20). The highest BCUT2D eigenvalue weighted by Gasteiger charge is 2.12. The quantitative estimate of drug-likeness (QED) is 0.900. The molecule has 1 amide bonds. The van der Waals surface area contributed by atoms with Crippen molar-refractivity contribution >= 4 is 11.6 Å². The van der Waals surface area contributed by atoms with E-state index in [-0.39, 0.29) is 5.56 Å². The van der Waals surface area contributed by atoms with Gasteiger partial charge in [-0.05, 0) is 43.3 Å². The monoisotopic (exact) mass is 276 g/mol. The van der Waals surface area contributed by atoms with E-state index in [1.54, 1.807) is 31.2 Å². The molecule has 0 fully saturated rings. The number of hydrogen-bond donors (Lipinski definition) is 2. The average molecular weight is 276 g/mol. The number of nitrogens with two attached hydrogens (primary N) is 1. The number of carbonyl (C=O) groups is 1. The van der Waals surface area contributed by atoms with Crippen LogP contribution in [0.4, 0.5) is 14.5 Å². The minimum Gasteiger partial charge on any atom is -0.378 e. The molecule has 0 saturated carbocycles. The van der Waals surface area contributed by atoms with Crippen molar-refractivity contribution in [1.82, 2.24) is 0 Å². The van der Waals surface area contributed by atoms with Gasteiger partial charge in [0.25, 0.3) is 0 Å². The fourth-order valence-electron chi connectivity index (χ4n) is 1.94. The molecule has 0 aromatic heterocycles. The molecule has 0 aliphatic carbocycles. The second-order valence-corrected chi connectivity index (χ2v) is 4.48. The number of primary amides is 1. The summed E-state index contributed by atoms with van der Waals surface area (Å²) in [6, 6.07) is 9.38. The Balaban J connectivity index is 2.23. The highest BCUT2D eigenvalue weighted by Crippen LogP contribution is 2.23. The first-order chi connectivity index (χ1) is 9.47. The van der Waals surface area contributed by atoms with Crippen LogP contribution < -0.4 is 11.1 Å². The highest BCUT2D eigenvalue weighted by atomic mass is 19.1. The van der Waals surface area contributed by atoms with Gasteiger partial charge in [-0.25, -0.2) is 8.78 Å². The predicted octanol–water partition coefficient (Wildman–Crippen LogP) is 3.24. The van der Waals surface area contributed by atoms with Gasteiger partial charge in [-0.1, -0.05) is 6.07 Å². The summed E-state index contributed by atoms with van der Waals surface area (Å²) in [6.07, 6.45) is 0. The summed E-state index contributed by atoms with van der Waals surface area (Å²) in [5.41, 5.74) is 6.37. The Hall–Kier alpha value is -2.43. The second kappa shape index (κ2) is 5.69. The van der Waals surface area contributed by atoms with Crippen molar-refractivity contribution in [1.29, 1.82) is 0 Å². The molecular formula is C15H14F2N2O. The third-order valence-corrected chi connectivity index (χ3v) is 2.95. The van der Waals surface area contributed by atoms with E-state index in [0.29, 0.717) is 11.3 Å². The molecule has 0 spiro atoms. The van der Waals surface area contributed by atoms with Gasteiger partial charge in [0.1, 0.15) is 11.6 Å². The van der Waals surface area contributed by atoms with Crippen molar-refractivity contribution in [3.8, 4) is 0 Å². The highest BCUT2D eigenvalue weighted by molar-refractivity contribution is 5.93. The summed E-state index contributed by atoms with van der Waals surface area (Å²) in [6.45, 7) is 1.70. The maximum absolute atomic E-state index is 13.6. The van der Waals surface area contributed by atoms with E-state index in [4.69, 9.17) is 5.73 Å². The van der Waals surface area contributed by atoms with Gasteiger partial charge in [-0.3, -0.25) is 4.79 Å². The largest absolute Gasteiger partial charge is 0.378 e. The molecule has 0 radical (unpaired) electrons. The van der Waals surface area contributed by atoms with Gasteiger partial charge in [0, 0.05) is 16.8 Å². The first-order valence-electron chi connectivity index (χ1n) is 6.08. The molecule has 0 aliphatic heterocycles. The summed E-state index contributed by atoms with van der Waals surface area (Å²) < 4.78 is 26.8. The molecule has 2 rings (SSSR count). The lowest BCUT2D eigenvalue weighted by atomic mass is 10.1. The number of carbonyl (C=O) groups excluding carboxylic acids is 1. The fourth-order valence-corrected chi connectivity index (χ4v) is 1.94. The number of benzene rings is 2. The molecule has 0 heterocycles. The topological polar surface area (TPSA) is 55.1 Å². The van der Waals surface area contributed by atoms with E-state index < -0.39 is 23.6 Å². The second-order valence-electron chi connectivity index (χ2n) is 4.48. The first-order valence-corrected chi connectivity index (χ1v) is 6.08. The summed E-state index contributed by atoms with van der Waals surface area (Å²) in [4.78, 5) is 11.1. The Labute approximate surface area is 115 Å². The molecule has 0 bridgehead atoms. The van der Waals surface area contributed by atoms with Crippen molar-refractivity contribution in [2.45, 2.75) is 13.0 Å². The Morgan fingerprint density at radius 1 is 1.20 bits per heavy atom. The van der Waals surface area contributed by atoms with E-state index in [9.17, 15) is 13.6 Å². The van der Waals surface area contributed by atoms with Gasteiger partial charge in [0.05, 0.1) is 6.04 Å². The molecule has 3 nitrogen and oxygen atoms in total. The van der Waals surface area contributed by atoms with Crippen LogP contribution in [0, 0.1) is 11.6 Å². The molecule has 3 N–H and O–H groups in total. The zero-order valence-corrected chi connectivity index (χ0v) is 10.9. The van der Waals surface area contributed by atoms with Gasteiger partial charge >= 0.3 is 0 Å². The van der Waals surface area contributed by atoms with Crippen LogP contribution in [-0.4, -0.2) is 5.91 Å². The molecule has 5 heteroatoms. The summed E-state index contributed by atoms with van der Waals surface area (Å²) >= 11 is 0. The van der Waals surface area contributed by atoms with E-state index >= 15 is 0 Å². The normalized spacial score (nSPS) is 11.9. The van der Waals surface area contributed by atoms with Crippen LogP contribution in [0.2, 0.25) is 0 Å². The zero-order chi connectivity index (χ0) is 14.7. The van der Waals surface area contributed by atoms with Crippen LogP contribution in [-0.2, 0) is 0 Å². The Morgan fingerprint density at radius 3 is 2.65 bits per heavy atom. The molecule has 2 aromatic rings. The molecule has 0 saturated heterocycles. The van der Waals surface area contributed by atoms with Gasteiger partial charge in [0.2, 0.25) is 5.91 Å². The minimum atomic E-state index is -0.543.